The van der Waals surface area contributed by atoms with Gasteiger partial charge < -0.3 is 9.88 Å². The molecule has 1 fully saturated rings. The van der Waals surface area contributed by atoms with Crippen molar-refractivity contribution in [3.05, 3.63) is 36.3 Å². The van der Waals surface area contributed by atoms with Gasteiger partial charge in [0.15, 0.2) is 5.65 Å². The zero-order valence-corrected chi connectivity index (χ0v) is 13.7. The fourth-order valence-corrected chi connectivity index (χ4v) is 3.82. The van der Waals surface area contributed by atoms with Crippen molar-refractivity contribution >= 4 is 21.9 Å². The number of pyridine rings is 2. The van der Waals surface area contributed by atoms with Crippen molar-refractivity contribution in [3.63, 3.8) is 0 Å². The molecule has 4 heterocycles. The van der Waals surface area contributed by atoms with Gasteiger partial charge in [0.05, 0.1) is 18.1 Å². The monoisotopic (exact) mass is 348 g/mol. The van der Waals surface area contributed by atoms with Gasteiger partial charge >= 0.3 is 6.18 Å². The van der Waals surface area contributed by atoms with E-state index in [1.165, 1.54) is 5.56 Å². The molecule has 1 aliphatic heterocycles. The largest absolute Gasteiger partial charge is 0.390 e. The number of nitrogens with one attached hydrogen (secondary N) is 1. The molecule has 4 nitrogen and oxygen atoms in total. The summed E-state index contributed by atoms with van der Waals surface area (Å²) in [5, 5.41) is 2.09. The molecule has 3 aromatic heterocycles. The van der Waals surface area contributed by atoms with Crippen molar-refractivity contribution in [2.24, 2.45) is 0 Å². The van der Waals surface area contributed by atoms with E-state index in [0.29, 0.717) is 12.2 Å². The van der Waals surface area contributed by atoms with E-state index in [2.05, 4.69) is 15.0 Å². The average Bonchev–Trinajstić information content (AvgIpc) is 3.08. The number of fused-ring (bicyclic) bond motifs is 3. The van der Waals surface area contributed by atoms with E-state index in [-0.39, 0.29) is 12.5 Å². The van der Waals surface area contributed by atoms with Crippen molar-refractivity contribution in [2.45, 2.75) is 31.4 Å². The van der Waals surface area contributed by atoms with E-state index >= 15 is 0 Å². The minimum atomic E-state index is -4.10. The molecule has 0 radical (unpaired) electrons. The highest BCUT2D eigenvalue weighted by molar-refractivity contribution is 6.05. The van der Waals surface area contributed by atoms with Crippen LogP contribution in [0.2, 0.25) is 0 Å². The van der Waals surface area contributed by atoms with E-state index < -0.39 is 12.6 Å². The first-order chi connectivity index (χ1) is 12.0. The van der Waals surface area contributed by atoms with Crippen molar-refractivity contribution in [1.29, 1.82) is 0 Å². The molecule has 4 rings (SSSR count). The van der Waals surface area contributed by atoms with E-state index in [9.17, 15) is 13.2 Å². The van der Waals surface area contributed by atoms with Crippen LogP contribution in [0, 0.1) is 0 Å². The number of hydrogen-bond donors (Lipinski definition) is 1. The Bertz CT molecular complexity index is 887. The first-order valence-corrected chi connectivity index (χ1v) is 8.51. The van der Waals surface area contributed by atoms with Gasteiger partial charge in [0, 0.05) is 36.3 Å². The summed E-state index contributed by atoms with van der Waals surface area (Å²) >= 11 is 0. The third-order valence-electron chi connectivity index (χ3n) is 4.98. The van der Waals surface area contributed by atoms with Crippen molar-refractivity contribution in [2.75, 3.05) is 19.6 Å². The summed E-state index contributed by atoms with van der Waals surface area (Å²) in [7, 11) is 0. The molecule has 0 bridgehead atoms. The van der Waals surface area contributed by atoms with Gasteiger partial charge in [-0.15, -0.1) is 0 Å². The smallest absolute Gasteiger partial charge is 0.360 e. The lowest BCUT2D eigenvalue weighted by Crippen LogP contribution is -2.36. The maximum absolute atomic E-state index is 12.5. The number of likely N-dealkylation sites (tertiary alicyclic amines) is 1. The van der Waals surface area contributed by atoms with Crippen molar-refractivity contribution in [1.82, 2.24) is 19.9 Å². The average molecular weight is 348 g/mol. The highest BCUT2D eigenvalue weighted by Gasteiger charge is 2.30. The van der Waals surface area contributed by atoms with Crippen molar-refractivity contribution in [3.8, 4) is 0 Å². The van der Waals surface area contributed by atoms with Crippen LogP contribution >= 0.6 is 0 Å². The molecular formula is C18H19F3N4. The van der Waals surface area contributed by atoms with Gasteiger partial charge in [0.2, 0.25) is 0 Å². The van der Waals surface area contributed by atoms with Crippen LogP contribution in [0.5, 0.6) is 0 Å². The van der Waals surface area contributed by atoms with Gasteiger partial charge in [-0.05, 0) is 43.0 Å². The summed E-state index contributed by atoms with van der Waals surface area (Å²) in [6.45, 7) is 1.47. The number of piperidine rings is 1. The number of aromatic nitrogens is 3. The Kier molecular flexibility index (Phi) is 4.11. The molecule has 0 aliphatic carbocycles. The summed E-state index contributed by atoms with van der Waals surface area (Å²) < 4.78 is 37.6. The standard InChI is InChI=1S/C18H19F3N4/c19-18(20,21)5-9-25-8-1-2-12(11-25)13-3-6-22-15-10-24-17-14(16(13)15)4-7-23-17/h3-4,6-7,10,12,22H,1-2,5,8-9,11H2/t12-/m0/s1. The lowest BCUT2D eigenvalue weighted by atomic mass is 9.88. The summed E-state index contributed by atoms with van der Waals surface area (Å²) in [4.78, 5) is 13.8. The number of rotatable bonds is 3. The summed E-state index contributed by atoms with van der Waals surface area (Å²) in [6, 6.07) is 4.00. The third-order valence-corrected chi connectivity index (χ3v) is 4.98. The minimum Gasteiger partial charge on any atom is -0.360 e. The quantitative estimate of drug-likeness (QED) is 0.770. The van der Waals surface area contributed by atoms with Gasteiger partial charge in [-0.2, -0.15) is 13.2 Å². The maximum atomic E-state index is 12.5. The zero-order valence-electron chi connectivity index (χ0n) is 13.7. The molecule has 132 valence electrons. The Labute approximate surface area is 143 Å². The Morgan fingerprint density at radius 2 is 2.12 bits per heavy atom. The fourth-order valence-electron chi connectivity index (χ4n) is 3.82. The first kappa shape index (κ1) is 16.3. The van der Waals surface area contributed by atoms with Crippen LogP contribution in [0.15, 0.2) is 30.7 Å². The van der Waals surface area contributed by atoms with E-state index in [1.807, 2.05) is 23.2 Å². The lowest BCUT2D eigenvalue weighted by molar-refractivity contribution is -0.138. The molecular weight excluding hydrogens is 329 g/mol. The molecule has 7 heteroatoms. The number of H-pyrrole nitrogens is 1. The van der Waals surface area contributed by atoms with Gasteiger partial charge in [0.25, 0.3) is 0 Å². The van der Waals surface area contributed by atoms with Gasteiger partial charge in [0.1, 0.15) is 0 Å². The first-order valence-electron chi connectivity index (χ1n) is 8.51. The Morgan fingerprint density at radius 3 is 2.96 bits per heavy atom. The Hall–Kier alpha value is -2.15. The molecule has 25 heavy (non-hydrogen) atoms. The van der Waals surface area contributed by atoms with E-state index in [4.69, 9.17) is 0 Å². The second kappa shape index (κ2) is 6.29. The lowest BCUT2D eigenvalue weighted by Gasteiger charge is -2.33. The fraction of sp³-hybridized carbons (Fsp3) is 0.444. The second-order valence-electron chi connectivity index (χ2n) is 6.67. The van der Waals surface area contributed by atoms with Crippen LogP contribution in [-0.2, 0) is 0 Å². The highest BCUT2D eigenvalue weighted by Crippen LogP contribution is 2.34. The molecule has 0 amide bonds. The summed E-state index contributed by atoms with van der Waals surface area (Å²) in [5.41, 5.74) is 2.81. The zero-order chi connectivity index (χ0) is 17.4. The summed E-state index contributed by atoms with van der Waals surface area (Å²) in [5.74, 6) is 0.222. The van der Waals surface area contributed by atoms with Crippen LogP contribution in [0.25, 0.3) is 21.9 Å². The molecule has 1 atom stereocenters. The van der Waals surface area contributed by atoms with Crippen LogP contribution in [-0.4, -0.2) is 45.7 Å². The molecule has 3 aromatic rings. The summed E-state index contributed by atoms with van der Waals surface area (Å²) in [6.07, 6.45) is 2.46. The predicted octanol–water partition coefficient (Wildman–Crippen LogP) is 4.24. The second-order valence-corrected chi connectivity index (χ2v) is 6.67. The van der Waals surface area contributed by atoms with Gasteiger partial charge in [-0.1, -0.05) is 0 Å². The van der Waals surface area contributed by atoms with E-state index in [1.54, 1.807) is 12.4 Å². The molecule has 1 aliphatic rings. The number of aromatic amines is 1. The molecule has 1 saturated heterocycles. The number of hydrogen-bond acceptors (Lipinski definition) is 3. The highest BCUT2D eigenvalue weighted by atomic mass is 19.4. The minimum absolute atomic E-state index is 0.0752. The van der Waals surface area contributed by atoms with Crippen LogP contribution in [0.1, 0.15) is 30.7 Å². The van der Waals surface area contributed by atoms with Crippen LogP contribution in [0.3, 0.4) is 0 Å². The molecule has 1 N–H and O–H groups in total. The Balaban J connectivity index is 1.66. The van der Waals surface area contributed by atoms with Gasteiger partial charge in [-0.3, -0.25) is 0 Å². The Morgan fingerprint density at radius 1 is 1.24 bits per heavy atom. The SMILES string of the molecule is FC(F)(F)CCN1CCC[C@H](c2cc[nH]c3cnc4nccc4c23)C1. The number of alkyl halides is 3. The molecule has 0 saturated carbocycles. The van der Waals surface area contributed by atoms with E-state index in [0.717, 1.165) is 35.7 Å². The maximum Gasteiger partial charge on any atom is 0.390 e. The normalized spacial score (nSPS) is 19.7. The van der Waals surface area contributed by atoms with Gasteiger partial charge in [-0.25, -0.2) is 9.97 Å². The van der Waals surface area contributed by atoms with Crippen LogP contribution in [0.4, 0.5) is 13.2 Å². The number of halogens is 3. The number of nitrogens with zero attached hydrogens (tertiary/aromatic N) is 3. The van der Waals surface area contributed by atoms with Crippen molar-refractivity contribution < 1.29 is 13.2 Å². The topological polar surface area (TPSA) is 44.8 Å². The third kappa shape index (κ3) is 3.33. The molecule has 0 aromatic carbocycles. The molecule has 0 spiro atoms. The molecule has 0 unspecified atom stereocenters. The predicted molar refractivity (Wildman–Crippen MR) is 90.5 cm³/mol. The van der Waals surface area contributed by atoms with Crippen LogP contribution < -0.4 is 0 Å².